The number of methoxy groups -OCH3 is 1. The quantitative estimate of drug-likeness (QED) is 0.470. The Labute approximate surface area is 81.0 Å². The van der Waals surface area contributed by atoms with Crippen LogP contribution in [0.1, 0.15) is 6.92 Å². The van der Waals surface area contributed by atoms with Crippen molar-refractivity contribution < 1.29 is 9.47 Å². The van der Waals surface area contributed by atoms with Crippen molar-refractivity contribution in [1.82, 2.24) is 10.6 Å². The zero-order chi connectivity index (χ0) is 9.78. The van der Waals surface area contributed by atoms with E-state index in [2.05, 4.69) is 17.6 Å². The highest BCUT2D eigenvalue weighted by Crippen LogP contribution is 1.74. The van der Waals surface area contributed by atoms with Crippen LogP contribution >= 0.6 is 0 Å². The summed E-state index contributed by atoms with van der Waals surface area (Å²) >= 11 is 0. The number of ether oxygens (including phenoxy) is 2. The van der Waals surface area contributed by atoms with E-state index in [4.69, 9.17) is 9.47 Å². The van der Waals surface area contributed by atoms with Crippen molar-refractivity contribution in [3.05, 3.63) is 0 Å². The number of hydrogen-bond acceptors (Lipinski definition) is 4. The largest absolute Gasteiger partial charge is 0.382 e. The Morgan fingerprint density at radius 2 is 1.69 bits per heavy atom. The van der Waals surface area contributed by atoms with Gasteiger partial charge in [-0.25, -0.2) is 0 Å². The summed E-state index contributed by atoms with van der Waals surface area (Å²) in [7, 11) is 1.68. The van der Waals surface area contributed by atoms with Gasteiger partial charge in [0.15, 0.2) is 0 Å². The normalized spacial score (nSPS) is 10.6. The third-order valence-corrected chi connectivity index (χ3v) is 1.58. The minimum Gasteiger partial charge on any atom is -0.382 e. The molecule has 0 aromatic carbocycles. The second-order valence-electron chi connectivity index (χ2n) is 2.71. The molecular formula is C9H22N2O2. The third kappa shape index (κ3) is 11.8. The molecule has 0 rings (SSSR count). The molecule has 4 nitrogen and oxygen atoms in total. The van der Waals surface area contributed by atoms with Gasteiger partial charge in [-0.15, -0.1) is 0 Å². The van der Waals surface area contributed by atoms with Gasteiger partial charge in [0.1, 0.15) is 0 Å². The second kappa shape index (κ2) is 11.8. The van der Waals surface area contributed by atoms with Crippen LogP contribution < -0.4 is 10.6 Å². The highest BCUT2D eigenvalue weighted by Gasteiger charge is 1.88. The molecule has 0 aliphatic rings. The number of likely N-dealkylation sites (N-methyl/N-ethyl adjacent to an activating group) is 1. The van der Waals surface area contributed by atoms with Crippen LogP contribution in [-0.2, 0) is 9.47 Å². The number of rotatable bonds is 10. The predicted octanol–water partition coefficient (Wildman–Crippen LogP) is -0.151. The van der Waals surface area contributed by atoms with Crippen molar-refractivity contribution in [3.8, 4) is 0 Å². The average molecular weight is 190 g/mol. The molecule has 0 aromatic heterocycles. The van der Waals surface area contributed by atoms with Crippen molar-refractivity contribution >= 4 is 0 Å². The van der Waals surface area contributed by atoms with Gasteiger partial charge in [-0.2, -0.15) is 0 Å². The van der Waals surface area contributed by atoms with E-state index in [-0.39, 0.29) is 0 Å². The Morgan fingerprint density at radius 3 is 2.38 bits per heavy atom. The van der Waals surface area contributed by atoms with Crippen molar-refractivity contribution in [1.29, 1.82) is 0 Å². The first-order valence-electron chi connectivity index (χ1n) is 4.90. The van der Waals surface area contributed by atoms with Crippen molar-refractivity contribution in [2.75, 3.05) is 53.1 Å². The van der Waals surface area contributed by atoms with Gasteiger partial charge < -0.3 is 20.1 Å². The van der Waals surface area contributed by atoms with Crippen LogP contribution in [0.4, 0.5) is 0 Å². The summed E-state index contributed by atoms with van der Waals surface area (Å²) in [6.07, 6.45) is 0. The Bertz CT molecular complexity index is 81.7. The van der Waals surface area contributed by atoms with E-state index in [1.54, 1.807) is 7.11 Å². The molecular weight excluding hydrogens is 168 g/mol. The SMILES string of the molecule is CCNCCNCCOCCOC. The highest BCUT2D eigenvalue weighted by molar-refractivity contribution is 4.49. The van der Waals surface area contributed by atoms with Crippen LogP contribution in [0.15, 0.2) is 0 Å². The maximum absolute atomic E-state index is 5.27. The van der Waals surface area contributed by atoms with Crippen LogP contribution in [-0.4, -0.2) is 53.1 Å². The van der Waals surface area contributed by atoms with Gasteiger partial charge in [0, 0.05) is 26.7 Å². The molecule has 0 aromatic rings. The van der Waals surface area contributed by atoms with E-state index in [1.807, 2.05) is 0 Å². The molecule has 0 saturated heterocycles. The monoisotopic (exact) mass is 190 g/mol. The highest BCUT2D eigenvalue weighted by atomic mass is 16.5. The van der Waals surface area contributed by atoms with E-state index < -0.39 is 0 Å². The predicted molar refractivity (Wildman–Crippen MR) is 54.1 cm³/mol. The lowest BCUT2D eigenvalue weighted by atomic mass is 10.5. The van der Waals surface area contributed by atoms with E-state index >= 15 is 0 Å². The zero-order valence-corrected chi connectivity index (χ0v) is 8.77. The Balaban J connectivity index is 2.76. The van der Waals surface area contributed by atoms with E-state index in [1.165, 1.54) is 0 Å². The molecule has 13 heavy (non-hydrogen) atoms. The first-order valence-corrected chi connectivity index (χ1v) is 4.90. The van der Waals surface area contributed by atoms with Crippen LogP contribution in [0.2, 0.25) is 0 Å². The van der Waals surface area contributed by atoms with Crippen LogP contribution in [0.25, 0.3) is 0 Å². The smallest absolute Gasteiger partial charge is 0.0700 e. The average Bonchev–Trinajstić information content (AvgIpc) is 2.16. The summed E-state index contributed by atoms with van der Waals surface area (Å²) in [5, 5.41) is 6.50. The molecule has 0 fully saturated rings. The Hall–Kier alpha value is -0.160. The van der Waals surface area contributed by atoms with Crippen LogP contribution in [0.3, 0.4) is 0 Å². The summed E-state index contributed by atoms with van der Waals surface area (Å²) in [6, 6.07) is 0. The summed E-state index contributed by atoms with van der Waals surface area (Å²) < 4.78 is 10.1. The van der Waals surface area contributed by atoms with Gasteiger partial charge >= 0.3 is 0 Å². The third-order valence-electron chi connectivity index (χ3n) is 1.58. The van der Waals surface area contributed by atoms with Gasteiger partial charge in [-0.1, -0.05) is 6.92 Å². The standard InChI is InChI=1S/C9H22N2O2/c1-3-10-4-5-11-6-7-13-9-8-12-2/h10-11H,3-9H2,1-2H3. The molecule has 0 amide bonds. The molecule has 2 N–H and O–H groups in total. The summed E-state index contributed by atoms with van der Waals surface area (Å²) in [4.78, 5) is 0. The van der Waals surface area contributed by atoms with Gasteiger partial charge in [-0.05, 0) is 6.54 Å². The minimum atomic E-state index is 0.678. The lowest BCUT2D eigenvalue weighted by Crippen LogP contribution is -2.29. The van der Waals surface area contributed by atoms with Crippen molar-refractivity contribution in [2.24, 2.45) is 0 Å². The maximum atomic E-state index is 5.27. The molecule has 0 spiro atoms. The topological polar surface area (TPSA) is 42.5 Å². The van der Waals surface area contributed by atoms with Gasteiger partial charge in [-0.3, -0.25) is 0 Å². The minimum absolute atomic E-state index is 0.678. The molecule has 80 valence electrons. The summed E-state index contributed by atoms with van der Waals surface area (Å²) in [5.74, 6) is 0. The summed E-state index contributed by atoms with van der Waals surface area (Å²) in [6.45, 7) is 8.20. The van der Waals surface area contributed by atoms with E-state index in [0.717, 1.165) is 32.8 Å². The van der Waals surface area contributed by atoms with Crippen molar-refractivity contribution in [2.45, 2.75) is 6.92 Å². The second-order valence-corrected chi connectivity index (χ2v) is 2.71. The molecule has 0 heterocycles. The lowest BCUT2D eigenvalue weighted by molar-refractivity contribution is 0.0721. The molecule has 0 atom stereocenters. The van der Waals surface area contributed by atoms with Crippen LogP contribution in [0, 0.1) is 0 Å². The molecule has 0 bridgehead atoms. The first-order chi connectivity index (χ1) is 6.41. The fourth-order valence-electron chi connectivity index (χ4n) is 0.867. The van der Waals surface area contributed by atoms with Gasteiger partial charge in [0.2, 0.25) is 0 Å². The lowest BCUT2D eigenvalue weighted by Gasteiger charge is -2.05. The van der Waals surface area contributed by atoms with Crippen LogP contribution in [0.5, 0.6) is 0 Å². The van der Waals surface area contributed by atoms with Crippen molar-refractivity contribution in [3.63, 3.8) is 0 Å². The number of nitrogens with one attached hydrogen (secondary N) is 2. The molecule has 0 aliphatic carbocycles. The summed E-state index contributed by atoms with van der Waals surface area (Å²) in [5.41, 5.74) is 0. The molecule has 4 heteroatoms. The molecule has 0 saturated carbocycles. The first kappa shape index (κ1) is 12.8. The fraction of sp³-hybridized carbons (Fsp3) is 1.00. The van der Waals surface area contributed by atoms with E-state index in [0.29, 0.717) is 13.2 Å². The molecule has 0 aliphatic heterocycles. The molecule has 0 unspecified atom stereocenters. The van der Waals surface area contributed by atoms with E-state index in [9.17, 15) is 0 Å². The Kier molecular flexibility index (Phi) is 11.7. The van der Waals surface area contributed by atoms with Gasteiger partial charge in [0.25, 0.3) is 0 Å². The zero-order valence-electron chi connectivity index (χ0n) is 8.77. The number of hydrogen-bond donors (Lipinski definition) is 2. The fourth-order valence-corrected chi connectivity index (χ4v) is 0.867. The van der Waals surface area contributed by atoms with Gasteiger partial charge in [0.05, 0.1) is 19.8 Å². The Morgan fingerprint density at radius 1 is 0.923 bits per heavy atom. The maximum Gasteiger partial charge on any atom is 0.0700 e. The molecule has 0 radical (unpaired) electrons.